The summed E-state index contributed by atoms with van der Waals surface area (Å²) in [6.45, 7) is 4.41. The summed E-state index contributed by atoms with van der Waals surface area (Å²) >= 11 is 0. The molecule has 3 heterocycles. The molecule has 1 aromatic heterocycles. The van der Waals surface area contributed by atoms with Gasteiger partial charge in [-0.2, -0.15) is 0 Å². The van der Waals surface area contributed by atoms with Crippen molar-refractivity contribution >= 4 is 11.8 Å². The highest BCUT2D eigenvalue weighted by Gasteiger charge is 2.48. The van der Waals surface area contributed by atoms with E-state index < -0.39 is 0 Å². The van der Waals surface area contributed by atoms with Crippen LogP contribution in [0.4, 0.5) is 0 Å². The maximum absolute atomic E-state index is 12.6. The number of aromatic nitrogens is 2. The van der Waals surface area contributed by atoms with Gasteiger partial charge in [0.05, 0.1) is 25.9 Å². The SMILES string of the molecule is Cc1cccc(C(=O)N2CC3(CC[C@H](CNC(=O)c4cnccn4)CO3)C2)c1. The highest BCUT2D eigenvalue weighted by atomic mass is 16.5. The molecule has 1 N–H and O–H groups in total. The first-order chi connectivity index (χ1) is 13.5. The van der Waals surface area contributed by atoms with E-state index in [1.54, 1.807) is 0 Å². The Labute approximate surface area is 164 Å². The number of likely N-dealkylation sites (tertiary alicyclic amines) is 1. The van der Waals surface area contributed by atoms with E-state index in [4.69, 9.17) is 4.74 Å². The summed E-state index contributed by atoms with van der Waals surface area (Å²) in [6.07, 6.45) is 6.36. The third-order valence-electron chi connectivity index (χ3n) is 5.49. The fourth-order valence-electron chi connectivity index (χ4n) is 3.83. The van der Waals surface area contributed by atoms with E-state index in [9.17, 15) is 9.59 Å². The molecule has 0 radical (unpaired) electrons. The van der Waals surface area contributed by atoms with E-state index in [1.807, 2.05) is 36.1 Å². The predicted octanol–water partition coefficient (Wildman–Crippen LogP) is 1.84. The highest BCUT2D eigenvalue weighted by Crippen LogP contribution is 2.36. The molecule has 2 saturated heterocycles. The molecule has 0 saturated carbocycles. The lowest BCUT2D eigenvalue weighted by atomic mass is 9.82. The van der Waals surface area contributed by atoms with Gasteiger partial charge in [-0.1, -0.05) is 17.7 Å². The molecule has 2 aliphatic heterocycles. The Morgan fingerprint density at radius 2 is 2.18 bits per heavy atom. The molecule has 2 amide bonds. The van der Waals surface area contributed by atoms with Crippen LogP contribution < -0.4 is 5.32 Å². The summed E-state index contributed by atoms with van der Waals surface area (Å²) in [5.41, 5.74) is 1.92. The number of rotatable bonds is 4. The zero-order valence-electron chi connectivity index (χ0n) is 15.9. The number of hydrogen-bond acceptors (Lipinski definition) is 5. The van der Waals surface area contributed by atoms with Crippen LogP contribution >= 0.6 is 0 Å². The monoisotopic (exact) mass is 380 g/mol. The van der Waals surface area contributed by atoms with Gasteiger partial charge < -0.3 is 15.0 Å². The van der Waals surface area contributed by atoms with Gasteiger partial charge in [-0.15, -0.1) is 0 Å². The molecule has 0 aliphatic carbocycles. The quantitative estimate of drug-likeness (QED) is 0.875. The van der Waals surface area contributed by atoms with Crippen molar-refractivity contribution in [1.29, 1.82) is 0 Å². The van der Waals surface area contributed by atoms with Gasteiger partial charge in [-0.3, -0.25) is 14.6 Å². The Morgan fingerprint density at radius 3 is 2.86 bits per heavy atom. The lowest BCUT2D eigenvalue weighted by molar-refractivity contribution is -0.166. The number of carbonyl (C=O) groups is 2. The lowest BCUT2D eigenvalue weighted by Gasteiger charge is -2.52. The van der Waals surface area contributed by atoms with Gasteiger partial charge in [0.15, 0.2) is 0 Å². The zero-order valence-corrected chi connectivity index (χ0v) is 15.9. The molecule has 2 fully saturated rings. The molecule has 2 aliphatic rings. The fourth-order valence-corrected chi connectivity index (χ4v) is 3.83. The molecule has 1 atom stereocenters. The minimum atomic E-state index is -0.217. The standard InChI is InChI=1S/C21H24N4O3/c1-15-3-2-4-17(9-15)20(27)25-13-21(14-25)6-5-16(12-28-21)10-24-19(26)18-11-22-7-8-23-18/h2-4,7-9,11,16H,5-6,10,12-14H2,1H3,(H,24,26)/t16-/m1/s1. The van der Waals surface area contributed by atoms with Crippen LogP contribution in [0.1, 0.15) is 39.3 Å². The largest absolute Gasteiger partial charge is 0.371 e. The minimum Gasteiger partial charge on any atom is -0.371 e. The van der Waals surface area contributed by atoms with Crippen LogP contribution in [0.5, 0.6) is 0 Å². The van der Waals surface area contributed by atoms with Crippen LogP contribution in [0.2, 0.25) is 0 Å². The van der Waals surface area contributed by atoms with E-state index in [0.29, 0.717) is 31.9 Å². The highest BCUT2D eigenvalue weighted by molar-refractivity contribution is 5.95. The first kappa shape index (κ1) is 18.6. The number of amides is 2. The number of hydrogen-bond donors (Lipinski definition) is 1. The summed E-state index contributed by atoms with van der Waals surface area (Å²) < 4.78 is 6.12. The maximum atomic E-state index is 12.6. The molecule has 7 heteroatoms. The first-order valence-corrected chi connectivity index (χ1v) is 9.59. The number of aryl methyl sites for hydroxylation is 1. The Bertz CT molecular complexity index is 855. The topological polar surface area (TPSA) is 84.4 Å². The second-order valence-electron chi connectivity index (χ2n) is 7.73. The number of benzene rings is 1. The molecule has 1 spiro atoms. The van der Waals surface area contributed by atoms with Crippen molar-refractivity contribution < 1.29 is 14.3 Å². The van der Waals surface area contributed by atoms with Crippen LogP contribution in [-0.4, -0.2) is 58.5 Å². The number of carbonyl (C=O) groups excluding carboxylic acids is 2. The summed E-state index contributed by atoms with van der Waals surface area (Å²) in [5.74, 6) is 0.121. The Morgan fingerprint density at radius 1 is 1.32 bits per heavy atom. The average Bonchev–Trinajstić information content (AvgIpc) is 2.71. The van der Waals surface area contributed by atoms with Crippen molar-refractivity contribution in [1.82, 2.24) is 20.2 Å². The van der Waals surface area contributed by atoms with Gasteiger partial charge in [-0.25, -0.2) is 4.98 Å². The van der Waals surface area contributed by atoms with Gasteiger partial charge in [0.25, 0.3) is 11.8 Å². The van der Waals surface area contributed by atoms with Gasteiger partial charge in [0.2, 0.25) is 0 Å². The normalized spacial score (nSPS) is 20.5. The third kappa shape index (κ3) is 3.89. The van der Waals surface area contributed by atoms with Gasteiger partial charge in [0.1, 0.15) is 11.3 Å². The second kappa shape index (κ2) is 7.67. The molecule has 0 bridgehead atoms. The summed E-state index contributed by atoms with van der Waals surface area (Å²) in [6, 6.07) is 7.68. The lowest BCUT2D eigenvalue weighted by Crippen LogP contribution is -2.66. The third-order valence-corrected chi connectivity index (χ3v) is 5.49. The van der Waals surface area contributed by atoms with Crippen LogP contribution in [0.25, 0.3) is 0 Å². The van der Waals surface area contributed by atoms with Crippen LogP contribution in [0.3, 0.4) is 0 Å². The van der Waals surface area contributed by atoms with Crippen LogP contribution in [0, 0.1) is 12.8 Å². The molecule has 0 unspecified atom stereocenters. The summed E-state index contributed by atoms with van der Waals surface area (Å²) in [7, 11) is 0. The zero-order chi connectivity index (χ0) is 19.6. The van der Waals surface area contributed by atoms with E-state index in [1.165, 1.54) is 18.6 Å². The van der Waals surface area contributed by atoms with E-state index in [2.05, 4.69) is 15.3 Å². The van der Waals surface area contributed by atoms with Gasteiger partial charge in [0, 0.05) is 24.5 Å². The second-order valence-corrected chi connectivity index (χ2v) is 7.73. The molecule has 1 aromatic carbocycles. The van der Waals surface area contributed by atoms with Crippen molar-refractivity contribution in [2.75, 3.05) is 26.2 Å². The number of nitrogens with one attached hydrogen (secondary N) is 1. The fraction of sp³-hybridized carbons (Fsp3) is 0.429. The average molecular weight is 380 g/mol. The molecular formula is C21H24N4O3. The van der Waals surface area contributed by atoms with Crippen molar-refractivity contribution in [2.45, 2.75) is 25.4 Å². The summed E-state index contributed by atoms with van der Waals surface area (Å²) in [5, 5.41) is 2.90. The Kier molecular flexibility index (Phi) is 5.09. The first-order valence-electron chi connectivity index (χ1n) is 9.59. The van der Waals surface area contributed by atoms with E-state index in [0.717, 1.165) is 24.0 Å². The van der Waals surface area contributed by atoms with E-state index in [-0.39, 0.29) is 23.3 Å². The molecule has 2 aromatic rings. The number of nitrogens with zero attached hydrogens (tertiary/aromatic N) is 3. The smallest absolute Gasteiger partial charge is 0.271 e. The molecule has 4 rings (SSSR count). The van der Waals surface area contributed by atoms with Crippen molar-refractivity contribution in [3.05, 3.63) is 59.7 Å². The Hall–Kier alpha value is -2.80. The van der Waals surface area contributed by atoms with Crippen molar-refractivity contribution in [3.63, 3.8) is 0 Å². The van der Waals surface area contributed by atoms with Gasteiger partial charge >= 0.3 is 0 Å². The predicted molar refractivity (Wildman–Crippen MR) is 103 cm³/mol. The maximum Gasteiger partial charge on any atom is 0.271 e. The van der Waals surface area contributed by atoms with Crippen molar-refractivity contribution in [2.24, 2.45) is 5.92 Å². The van der Waals surface area contributed by atoms with E-state index >= 15 is 0 Å². The minimum absolute atomic E-state index is 0.0660. The van der Waals surface area contributed by atoms with Crippen LogP contribution in [0.15, 0.2) is 42.9 Å². The molecular weight excluding hydrogens is 356 g/mol. The molecule has 28 heavy (non-hydrogen) atoms. The Balaban J connectivity index is 1.23. The van der Waals surface area contributed by atoms with Crippen LogP contribution in [-0.2, 0) is 4.74 Å². The molecule has 7 nitrogen and oxygen atoms in total. The molecule has 146 valence electrons. The van der Waals surface area contributed by atoms with Gasteiger partial charge in [-0.05, 0) is 37.8 Å². The number of ether oxygens (including phenoxy) is 1. The van der Waals surface area contributed by atoms with Crippen molar-refractivity contribution in [3.8, 4) is 0 Å². The summed E-state index contributed by atoms with van der Waals surface area (Å²) in [4.78, 5) is 34.4.